The molecule has 0 saturated carbocycles. The third-order valence-corrected chi connectivity index (χ3v) is 5.80. The van der Waals surface area contributed by atoms with Crippen LogP contribution in [-0.4, -0.2) is 52.4 Å². The van der Waals surface area contributed by atoms with Crippen molar-refractivity contribution < 1.29 is 19.1 Å². The molecule has 1 heterocycles. The van der Waals surface area contributed by atoms with E-state index in [-0.39, 0.29) is 36.4 Å². The molecule has 0 unspecified atom stereocenters. The van der Waals surface area contributed by atoms with Gasteiger partial charge in [0.15, 0.2) is 5.11 Å². The van der Waals surface area contributed by atoms with Gasteiger partial charge in [0, 0.05) is 9.26 Å². The van der Waals surface area contributed by atoms with E-state index in [4.69, 9.17) is 17.0 Å². The molecule has 1 N–H and O–H groups in total. The second-order valence-corrected chi connectivity index (χ2v) is 8.28. The van der Waals surface area contributed by atoms with Crippen LogP contribution in [0.25, 0.3) is 0 Å². The standard InChI is InChI=1S/C21H20IN3O4S/c1-29-19(27)13-24-17(11-18(26)23-16-9-7-15(22)8-10-16)20(28)25(21(24)30)12-14-5-3-2-4-6-14/h2-10,17H,11-13H2,1H3,(H,23,26)/t17-/m1/s1. The van der Waals surface area contributed by atoms with Gasteiger partial charge in [0.05, 0.1) is 20.1 Å². The summed E-state index contributed by atoms with van der Waals surface area (Å²) >= 11 is 7.65. The highest BCUT2D eigenvalue weighted by atomic mass is 127. The number of hydrogen-bond donors (Lipinski definition) is 1. The summed E-state index contributed by atoms with van der Waals surface area (Å²) in [7, 11) is 1.27. The average Bonchev–Trinajstić information content (AvgIpc) is 2.95. The predicted octanol–water partition coefficient (Wildman–Crippen LogP) is 2.79. The Morgan fingerprint density at radius 1 is 1.13 bits per heavy atom. The van der Waals surface area contributed by atoms with Gasteiger partial charge in [-0.25, -0.2) is 0 Å². The van der Waals surface area contributed by atoms with Crippen molar-refractivity contribution in [3.8, 4) is 0 Å². The van der Waals surface area contributed by atoms with Crippen LogP contribution in [0.1, 0.15) is 12.0 Å². The van der Waals surface area contributed by atoms with Crippen molar-refractivity contribution >= 4 is 63.4 Å². The number of benzene rings is 2. The smallest absolute Gasteiger partial charge is 0.325 e. The van der Waals surface area contributed by atoms with Crippen molar-refractivity contribution in [2.45, 2.75) is 19.0 Å². The number of ether oxygens (including phenoxy) is 1. The summed E-state index contributed by atoms with van der Waals surface area (Å²) in [6, 6.07) is 15.8. The van der Waals surface area contributed by atoms with Gasteiger partial charge in [-0.1, -0.05) is 30.3 Å². The average molecular weight is 537 g/mol. The van der Waals surface area contributed by atoms with Gasteiger partial charge < -0.3 is 15.0 Å². The zero-order valence-electron chi connectivity index (χ0n) is 16.2. The number of carbonyl (C=O) groups excluding carboxylic acids is 3. The fourth-order valence-electron chi connectivity index (χ4n) is 3.11. The summed E-state index contributed by atoms with van der Waals surface area (Å²) in [5, 5.41) is 2.99. The van der Waals surface area contributed by atoms with E-state index in [2.05, 4.69) is 27.9 Å². The molecule has 0 bridgehead atoms. The molecule has 2 aromatic rings. The number of amides is 2. The zero-order chi connectivity index (χ0) is 21.7. The molecule has 2 amide bonds. The monoisotopic (exact) mass is 537 g/mol. The van der Waals surface area contributed by atoms with Crippen molar-refractivity contribution in [1.82, 2.24) is 9.80 Å². The van der Waals surface area contributed by atoms with E-state index in [0.717, 1.165) is 9.13 Å². The second kappa shape index (κ2) is 9.98. The van der Waals surface area contributed by atoms with Crippen LogP contribution in [-0.2, 0) is 25.7 Å². The van der Waals surface area contributed by atoms with Gasteiger partial charge in [-0.05, 0) is 64.6 Å². The van der Waals surface area contributed by atoms with Gasteiger partial charge in [0.25, 0.3) is 5.91 Å². The first-order chi connectivity index (χ1) is 14.4. The molecule has 7 nitrogen and oxygen atoms in total. The Balaban J connectivity index is 1.77. The number of esters is 1. The van der Waals surface area contributed by atoms with Crippen LogP contribution in [0.5, 0.6) is 0 Å². The highest BCUT2D eigenvalue weighted by Gasteiger charge is 2.44. The first-order valence-electron chi connectivity index (χ1n) is 9.17. The van der Waals surface area contributed by atoms with Crippen LogP contribution in [0, 0.1) is 3.57 Å². The molecule has 1 saturated heterocycles. The predicted molar refractivity (Wildman–Crippen MR) is 125 cm³/mol. The molecule has 2 aromatic carbocycles. The lowest BCUT2D eigenvalue weighted by molar-refractivity contribution is -0.141. The Bertz CT molecular complexity index is 952. The molecule has 1 aliphatic heterocycles. The molecule has 30 heavy (non-hydrogen) atoms. The molecule has 0 aromatic heterocycles. The Morgan fingerprint density at radius 2 is 1.80 bits per heavy atom. The molecule has 9 heteroatoms. The number of nitrogens with one attached hydrogen (secondary N) is 1. The lowest BCUT2D eigenvalue weighted by Gasteiger charge is -2.22. The van der Waals surface area contributed by atoms with Crippen LogP contribution >= 0.6 is 34.8 Å². The van der Waals surface area contributed by atoms with Gasteiger partial charge in [-0.2, -0.15) is 0 Å². The van der Waals surface area contributed by atoms with Crippen LogP contribution in [0.2, 0.25) is 0 Å². The van der Waals surface area contributed by atoms with Crippen molar-refractivity contribution in [2.24, 2.45) is 0 Å². The van der Waals surface area contributed by atoms with Crippen molar-refractivity contribution in [1.29, 1.82) is 0 Å². The van der Waals surface area contributed by atoms with E-state index in [1.54, 1.807) is 12.1 Å². The second-order valence-electron chi connectivity index (χ2n) is 6.67. The third kappa shape index (κ3) is 5.33. The van der Waals surface area contributed by atoms with Gasteiger partial charge in [0.2, 0.25) is 5.91 Å². The summed E-state index contributed by atoms with van der Waals surface area (Å²) < 4.78 is 5.78. The van der Waals surface area contributed by atoms with Crippen LogP contribution in [0.4, 0.5) is 5.69 Å². The topological polar surface area (TPSA) is 79.0 Å². The van der Waals surface area contributed by atoms with Crippen molar-refractivity contribution in [3.63, 3.8) is 0 Å². The molecule has 0 spiro atoms. The minimum atomic E-state index is -0.871. The number of rotatable bonds is 7. The Kier molecular flexibility index (Phi) is 7.38. The van der Waals surface area contributed by atoms with Crippen LogP contribution < -0.4 is 5.32 Å². The van der Waals surface area contributed by atoms with E-state index < -0.39 is 12.0 Å². The van der Waals surface area contributed by atoms with Crippen molar-refractivity contribution in [3.05, 3.63) is 63.7 Å². The molecule has 1 atom stereocenters. The number of halogens is 1. The highest BCUT2D eigenvalue weighted by Crippen LogP contribution is 2.23. The van der Waals surface area contributed by atoms with Crippen LogP contribution in [0.3, 0.4) is 0 Å². The van der Waals surface area contributed by atoms with Gasteiger partial charge in [0.1, 0.15) is 12.6 Å². The molecular formula is C21H20IN3O4S. The summed E-state index contributed by atoms with van der Waals surface area (Å²) in [5.74, 6) is -1.19. The van der Waals surface area contributed by atoms with Gasteiger partial charge in [-0.15, -0.1) is 0 Å². The van der Waals surface area contributed by atoms with E-state index in [1.165, 1.54) is 16.9 Å². The fourth-order valence-corrected chi connectivity index (χ4v) is 3.81. The van der Waals surface area contributed by atoms with E-state index in [0.29, 0.717) is 5.69 Å². The van der Waals surface area contributed by atoms with E-state index in [1.807, 2.05) is 42.5 Å². The quantitative estimate of drug-likeness (QED) is 0.333. The van der Waals surface area contributed by atoms with Gasteiger partial charge >= 0.3 is 5.97 Å². The first kappa shape index (κ1) is 22.2. The Labute approximate surface area is 193 Å². The SMILES string of the molecule is COC(=O)CN1C(=S)N(Cc2ccccc2)C(=O)[C@H]1CC(=O)Nc1ccc(I)cc1. The molecule has 0 aliphatic carbocycles. The number of nitrogens with zero attached hydrogens (tertiary/aromatic N) is 2. The molecule has 1 fully saturated rings. The Hall–Kier alpha value is -2.53. The highest BCUT2D eigenvalue weighted by molar-refractivity contribution is 14.1. The molecule has 3 rings (SSSR count). The third-order valence-electron chi connectivity index (χ3n) is 4.62. The molecular weight excluding hydrogens is 517 g/mol. The lowest BCUT2D eigenvalue weighted by atomic mass is 10.1. The van der Waals surface area contributed by atoms with E-state index >= 15 is 0 Å². The normalized spacial score (nSPS) is 16.0. The summed E-state index contributed by atoms with van der Waals surface area (Å²) in [5.41, 5.74) is 1.53. The Morgan fingerprint density at radius 3 is 2.43 bits per heavy atom. The first-order valence-corrected chi connectivity index (χ1v) is 10.7. The molecule has 156 valence electrons. The fraction of sp³-hybridized carbons (Fsp3) is 0.238. The maximum absolute atomic E-state index is 13.1. The zero-order valence-corrected chi connectivity index (χ0v) is 19.2. The maximum atomic E-state index is 13.1. The minimum Gasteiger partial charge on any atom is -0.468 e. The summed E-state index contributed by atoms with van der Waals surface area (Å²) in [6.45, 7) is 0.0687. The number of anilines is 1. The number of thiocarbonyl (C=S) groups is 1. The number of hydrogen-bond acceptors (Lipinski definition) is 5. The van der Waals surface area contributed by atoms with Crippen LogP contribution in [0.15, 0.2) is 54.6 Å². The molecule has 0 radical (unpaired) electrons. The summed E-state index contributed by atoms with van der Waals surface area (Å²) in [4.78, 5) is 40.5. The lowest BCUT2D eigenvalue weighted by Crippen LogP contribution is -2.41. The molecule has 1 aliphatic rings. The number of methoxy groups -OCH3 is 1. The maximum Gasteiger partial charge on any atom is 0.325 e. The van der Waals surface area contributed by atoms with E-state index in [9.17, 15) is 14.4 Å². The van der Waals surface area contributed by atoms with Gasteiger partial charge in [-0.3, -0.25) is 19.3 Å². The summed E-state index contributed by atoms with van der Waals surface area (Å²) in [6.07, 6.45) is -0.132. The minimum absolute atomic E-state index is 0.132. The largest absolute Gasteiger partial charge is 0.468 e. The van der Waals surface area contributed by atoms with Crippen molar-refractivity contribution in [2.75, 3.05) is 19.0 Å². The number of carbonyl (C=O) groups is 3.